The van der Waals surface area contributed by atoms with Crippen LogP contribution in [0.15, 0.2) is 61.1 Å². The number of nitrogens with zero attached hydrogens (tertiary/aromatic N) is 6. The van der Waals surface area contributed by atoms with E-state index >= 15 is 4.39 Å². The van der Waals surface area contributed by atoms with E-state index in [1.807, 2.05) is 25.1 Å². The van der Waals surface area contributed by atoms with Gasteiger partial charge < -0.3 is 15.2 Å². The van der Waals surface area contributed by atoms with Crippen LogP contribution in [0.3, 0.4) is 0 Å². The lowest BCUT2D eigenvalue weighted by atomic mass is 10.0. The molecule has 4 aromatic heterocycles. The standard InChI is InChI=1S/C33H31F4N9/c1-45(2)10-8-39-23-13-20(12-22(34)14-23)25-5-7-40-31-29(25)41-32(42-31)30-27-26(43-44-30)4-3-24(28(27)35)21-11-19(15-38-16-21)17-46-9-6-33(36,37)18-46/h3-5,7,11-16,39H,6,8-10,17-18H2,1-2H3,(H,43,44)(H,40,41,42). The summed E-state index contributed by atoms with van der Waals surface area (Å²) in [4.78, 5) is 20.3. The van der Waals surface area contributed by atoms with E-state index in [-0.39, 0.29) is 30.6 Å². The molecule has 0 bridgehead atoms. The van der Waals surface area contributed by atoms with Crippen LogP contribution in [0.5, 0.6) is 0 Å². The quantitative estimate of drug-likeness (QED) is 0.161. The van der Waals surface area contributed by atoms with Crippen molar-refractivity contribution < 1.29 is 17.6 Å². The zero-order valence-corrected chi connectivity index (χ0v) is 25.2. The lowest BCUT2D eigenvalue weighted by molar-refractivity contribution is 0.0115. The third-order valence-corrected chi connectivity index (χ3v) is 8.13. The molecule has 0 saturated carbocycles. The van der Waals surface area contributed by atoms with E-state index in [9.17, 15) is 13.2 Å². The molecule has 5 heterocycles. The Morgan fingerprint density at radius 1 is 1.02 bits per heavy atom. The third-order valence-electron chi connectivity index (χ3n) is 8.13. The zero-order valence-electron chi connectivity index (χ0n) is 25.2. The van der Waals surface area contributed by atoms with Crippen LogP contribution in [0, 0.1) is 11.6 Å². The summed E-state index contributed by atoms with van der Waals surface area (Å²) in [5.74, 6) is -3.33. The topological polar surface area (TPSA) is 102 Å². The first-order valence-corrected chi connectivity index (χ1v) is 14.9. The fraction of sp³-hybridized carbons (Fsp3) is 0.273. The first-order valence-electron chi connectivity index (χ1n) is 14.9. The van der Waals surface area contributed by atoms with Gasteiger partial charge in [0.25, 0.3) is 5.92 Å². The van der Waals surface area contributed by atoms with Crippen molar-refractivity contribution in [2.24, 2.45) is 0 Å². The number of hydrogen-bond acceptors (Lipinski definition) is 7. The number of fused-ring (bicyclic) bond motifs is 2. The van der Waals surface area contributed by atoms with Gasteiger partial charge in [-0.2, -0.15) is 5.10 Å². The Morgan fingerprint density at radius 3 is 2.70 bits per heavy atom. The van der Waals surface area contributed by atoms with Crippen LogP contribution >= 0.6 is 0 Å². The molecule has 1 aliphatic heterocycles. The number of likely N-dealkylation sites (N-methyl/N-ethyl adjacent to an activating group) is 1. The molecular weight excluding hydrogens is 598 g/mol. The highest BCUT2D eigenvalue weighted by Gasteiger charge is 2.38. The largest absolute Gasteiger partial charge is 0.384 e. The number of benzene rings is 2. The molecule has 0 unspecified atom stereocenters. The van der Waals surface area contributed by atoms with Gasteiger partial charge in [-0.1, -0.05) is 0 Å². The van der Waals surface area contributed by atoms with E-state index in [1.165, 1.54) is 12.1 Å². The fourth-order valence-electron chi connectivity index (χ4n) is 5.92. The number of H-pyrrole nitrogens is 2. The van der Waals surface area contributed by atoms with Gasteiger partial charge >= 0.3 is 0 Å². The zero-order chi connectivity index (χ0) is 32.0. The van der Waals surface area contributed by atoms with Crippen LogP contribution in [-0.4, -0.2) is 86.1 Å². The molecule has 46 heavy (non-hydrogen) atoms. The van der Waals surface area contributed by atoms with E-state index in [1.54, 1.807) is 47.8 Å². The van der Waals surface area contributed by atoms with Crippen LogP contribution in [0.25, 0.3) is 55.8 Å². The van der Waals surface area contributed by atoms with Crippen LogP contribution in [0.4, 0.5) is 23.2 Å². The number of imidazole rings is 1. The molecule has 1 saturated heterocycles. The van der Waals surface area contributed by atoms with Gasteiger partial charge in [-0.3, -0.25) is 15.0 Å². The first kappa shape index (κ1) is 29.8. The second-order valence-corrected chi connectivity index (χ2v) is 11.9. The second kappa shape index (κ2) is 11.8. The molecule has 1 fully saturated rings. The number of aromatic nitrogens is 6. The lowest BCUT2D eigenvalue weighted by Crippen LogP contribution is -2.24. The fourth-order valence-corrected chi connectivity index (χ4v) is 5.92. The van der Waals surface area contributed by atoms with Gasteiger partial charge in [0.1, 0.15) is 22.8 Å². The summed E-state index contributed by atoms with van der Waals surface area (Å²) in [5.41, 5.74) is 5.08. The maximum absolute atomic E-state index is 16.3. The van der Waals surface area contributed by atoms with Crippen molar-refractivity contribution >= 4 is 27.8 Å². The van der Waals surface area contributed by atoms with E-state index in [4.69, 9.17) is 4.98 Å². The molecule has 0 radical (unpaired) electrons. The number of halogens is 4. The van der Waals surface area contributed by atoms with Crippen LogP contribution in [0.1, 0.15) is 12.0 Å². The van der Waals surface area contributed by atoms with E-state index in [2.05, 4.69) is 30.5 Å². The van der Waals surface area contributed by atoms with E-state index in [0.29, 0.717) is 69.1 Å². The van der Waals surface area contributed by atoms with Crippen molar-refractivity contribution in [2.75, 3.05) is 45.6 Å². The highest BCUT2D eigenvalue weighted by molar-refractivity contribution is 5.98. The number of likely N-dealkylation sites (tertiary alicyclic amines) is 1. The number of hydrogen-bond donors (Lipinski definition) is 3. The monoisotopic (exact) mass is 629 g/mol. The summed E-state index contributed by atoms with van der Waals surface area (Å²) in [7, 11) is 3.94. The Labute approximate surface area is 261 Å². The molecule has 13 heteroatoms. The maximum atomic E-state index is 16.3. The summed E-state index contributed by atoms with van der Waals surface area (Å²) in [6.07, 6.45) is 4.59. The highest BCUT2D eigenvalue weighted by Crippen LogP contribution is 2.36. The van der Waals surface area contributed by atoms with Crippen LogP contribution in [0.2, 0.25) is 0 Å². The number of pyridine rings is 2. The molecule has 0 amide bonds. The summed E-state index contributed by atoms with van der Waals surface area (Å²) < 4.78 is 58.4. The summed E-state index contributed by atoms with van der Waals surface area (Å²) in [6.45, 7) is 1.71. The van der Waals surface area contributed by atoms with Crippen molar-refractivity contribution in [2.45, 2.75) is 18.9 Å². The second-order valence-electron chi connectivity index (χ2n) is 11.9. The minimum atomic E-state index is -2.70. The number of alkyl halides is 2. The molecular formula is C33H31F4N9. The van der Waals surface area contributed by atoms with Crippen molar-refractivity contribution in [1.29, 1.82) is 0 Å². The summed E-state index contributed by atoms with van der Waals surface area (Å²) >= 11 is 0. The van der Waals surface area contributed by atoms with E-state index in [0.717, 1.165) is 6.54 Å². The lowest BCUT2D eigenvalue weighted by Gasteiger charge is -2.16. The normalized spacial score (nSPS) is 15.0. The average Bonchev–Trinajstić information content (AvgIpc) is 3.73. The number of nitrogens with one attached hydrogen (secondary N) is 3. The third kappa shape index (κ3) is 5.90. The van der Waals surface area contributed by atoms with Crippen molar-refractivity contribution in [3.63, 3.8) is 0 Å². The number of aromatic amines is 2. The van der Waals surface area contributed by atoms with Crippen molar-refractivity contribution in [1.82, 2.24) is 39.9 Å². The van der Waals surface area contributed by atoms with Crippen molar-refractivity contribution in [3.05, 3.63) is 78.3 Å². The van der Waals surface area contributed by atoms with Gasteiger partial charge in [0.15, 0.2) is 11.5 Å². The van der Waals surface area contributed by atoms with Gasteiger partial charge in [0.2, 0.25) is 0 Å². The van der Waals surface area contributed by atoms with Crippen LogP contribution < -0.4 is 5.32 Å². The van der Waals surface area contributed by atoms with Gasteiger partial charge in [0, 0.05) is 73.6 Å². The smallest absolute Gasteiger partial charge is 0.261 e. The Morgan fingerprint density at radius 2 is 1.89 bits per heavy atom. The molecule has 1 aliphatic rings. The molecule has 3 N–H and O–H groups in total. The Kier molecular flexibility index (Phi) is 7.65. The Bertz CT molecular complexity index is 2050. The van der Waals surface area contributed by atoms with Gasteiger partial charge in [-0.15, -0.1) is 0 Å². The molecule has 0 spiro atoms. The minimum Gasteiger partial charge on any atom is -0.384 e. The SMILES string of the molecule is CN(C)CCNc1cc(F)cc(-c2ccnc3[nH]c(-c4n[nH]c5ccc(-c6cncc(CN7CCC(F)(F)C7)c6)c(F)c45)nc23)c1. The van der Waals surface area contributed by atoms with E-state index < -0.39 is 17.6 Å². The highest BCUT2D eigenvalue weighted by atomic mass is 19.3. The molecule has 0 aliphatic carbocycles. The summed E-state index contributed by atoms with van der Waals surface area (Å²) in [5, 5.41) is 10.7. The molecule has 0 atom stereocenters. The molecule has 6 aromatic rings. The van der Waals surface area contributed by atoms with Gasteiger partial charge in [-0.25, -0.2) is 27.5 Å². The number of anilines is 1. The average molecular weight is 630 g/mol. The predicted molar refractivity (Wildman–Crippen MR) is 169 cm³/mol. The Hall–Kier alpha value is -4.88. The minimum absolute atomic E-state index is 0.176. The molecule has 7 rings (SSSR count). The molecule has 2 aromatic carbocycles. The van der Waals surface area contributed by atoms with Gasteiger partial charge in [0.05, 0.1) is 17.4 Å². The van der Waals surface area contributed by atoms with Crippen LogP contribution in [-0.2, 0) is 6.54 Å². The maximum Gasteiger partial charge on any atom is 0.261 e. The summed E-state index contributed by atoms with van der Waals surface area (Å²) in [6, 6.07) is 11.6. The Balaban J connectivity index is 1.23. The molecule has 9 nitrogen and oxygen atoms in total. The first-order chi connectivity index (χ1) is 22.1. The predicted octanol–water partition coefficient (Wildman–Crippen LogP) is 6.32. The van der Waals surface area contributed by atoms with Gasteiger partial charge in [-0.05, 0) is 67.7 Å². The van der Waals surface area contributed by atoms with Crippen molar-refractivity contribution in [3.8, 4) is 33.8 Å². The molecule has 236 valence electrons. The number of rotatable bonds is 9.